The Labute approximate surface area is 55.3 Å². The third-order valence-corrected chi connectivity index (χ3v) is 1.81. The van der Waals surface area contributed by atoms with Crippen molar-refractivity contribution in [3.8, 4) is 0 Å². The molecule has 3 heteroatoms. The first-order valence-corrected chi connectivity index (χ1v) is 3.74. The standard InChI is InChI=1S/C4H6BrFS/c1-2-3-7-4(5)6/h2,4H,1,3H2. The molecule has 0 aliphatic heterocycles. The molecule has 0 bridgehead atoms. The van der Waals surface area contributed by atoms with Crippen LogP contribution in [-0.4, -0.2) is 10.2 Å². The number of alkyl halides is 2. The van der Waals surface area contributed by atoms with Crippen LogP contribution in [0.4, 0.5) is 4.39 Å². The second kappa shape index (κ2) is 4.65. The maximum Gasteiger partial charge on any atom is 0.200 e. The molecule has 0 N–H and O–H groups in total. The van der Waals surface area contributed by atoms with Crippen molar-refractivity contribution in [1.29, 1.82) is 0 Å². The highest BCUT2D eigenvalue weighted by molar-refractivity contribution is 9.11. The van der Waals surface area contributed by atoms with E-state index in [2.05, 4.69) is 22.5 Å². The molecule has 0 radical (unpaired) electrons. The molecule has 1 unspecified atom stereocenters. The molecule has 0 saturated carbocycles. The lowest BCUT2D eigenvalue weighted by atomic mass is 10.8. The van der Waals surface area contributed by atoms with Crippen molar-refractivity contribution in [2.75, 3.05) is 5.75 Å². The Balaban J connectivity index is 2.81. The molecule has 0 amide bonds. The number of rotatable bonds is 3. The minimum absolute atomic E-state index is 0.659. The monoisotopic (exact) mass is 184 g/mol. The second-order valence-corrected chi connectivity index (χ2v) is 3.37. The Morgan fingerprint density at radius 1 is 2.00 bits per heavy atom. The number of thioether (sulfide) groups is 1. The molecule has 7 heavy (non-hydrogen) atoms. The summed E-state index contributed by atoms with van der Waals surface area (Å²) in [5, 5.41) is 0. The smallest absolute Gasteiger partial charge is 0.200 e. The van der Waals surface area contributed by atoms with Gasteiger partial charge in [-0.3, -0.25) is 0 Å². The molecule has 0 aromatic rings. The fourth-order valence-electron chi connectivity index (χ4n) is 0.141. The fourth-order valence-corrected chi connectivity index (χ4v) is 0.880. The van der Waals surface area contributed by atoms with Crippen molar-refractivity contribution in [3.63, 3.8) is 0 Å². The van der Waals surface area contributed by atoms with Crippen LogP contribution in [0.1, 0.15) is 0 Å². The molecule has 42 valence electrons. The fraction of sp³-hybridized carbons (Fsp3) is 0.500. The Kier molecular flexibility index (Phi) is 4.99. The van der Waals surface area contributed by atoms with Gasteiger partial charge in [0.25, 0.3) is 0 Å². The van der Waals surface area contributed by atoms with Crippen molar-refractivity contribution in [2.45, 2.75) is 4.41 Å². The van der Waals surface area contributed by atoms with E-state index in [1.54, 1.807) is 6.08 Å². The van der Waals surface area contributed by atoms with Gasteiger partial charge < -0.3 is 0 Å². The Morgan fingerprint density at radius 3 is 2.71 bits per heavy atom. The van der Waals surface area contributed by atoms with Crippen LogP contribution < -0.4 is 0 Å². The maximum absolute atomic E-state index is 11.7. The van der Waals surface area contributed by atoms with E-state index in [1.165, 1.54) is 0 Å². The Morgan fingerprint density at radius 2 is 2.57 bits per heavy atom. The zero-order valence-electron chi connectivity index (χ0n) is 3.73. The lowest BCUT2D eigenvalue weighted by molar-refractivity contribution is 0.576. The topological polar surface area (TPSA) is 0 Å². The number of hydrogen-bond donors (Lipinski definition) is 0. The summed E-state index contributed by atoms with van der Waals surface area (Å²) in [5.41, 5.74) is 0. The summed E-state index contributed by atoms with van der Waals surface area (Å²) >= 11 is 3.89. The van der Waals surface area contributed by atoms with Gasteiger partial charge in [0.2, 0.25) is 4.41 Å². The summed E-state index contributed by atoms with van der Waals surface area (Å²) in [5.74, 6) is 0.659. The largest absolute Gasteiger partial charge is 0.223 e. The Hall–Kier alpha value is 0.500. The predicted octanol–water partition coefficient (Wildman–Crippen LogP) is 2.55. The van der Waals surface area contributed by atoms with Gasteiger partial charge in [0.05, 0.1) is 0 Å². The molecule has 1 atom stereocenters. The molecule has 0 rings (SSSR count). The van der Waals surface area contributed by atoms with Gasteiger partial charge in [-0.05, 0) is 15.9 Å². The highest BCUT2D eigenvalue weighted by Gasteiger charge is 1.94. The molecule has 0 aromatic carbocycles. The van der Waals surface area contributed by atoms with Crippen LogP contribution in [0.25, 0.3) is 0 Å². The van der Waals surface area contributed by atoms with E-state index in [-0.39, 0.29) is 0 Å². The third-order valence-electron chi connectivity index (χ3n) is 0.340. The van der Waals surface area contributed by atoms with Crippen molar-refractivity contribution in [2.24, 2.45) is 0 Å². The van der Waals surface area contributed by atoms with Gasteiger partial charge >= 0.3 is 0 Å². The van der Waals surface area contributed by atoms with Gasteiger partial charge in [0.1, 0.15) is 0 Å². The molecular formula is C4H6BrFS. The van der Waals surface area contributed by atoms with Gasteiger partial charge in [-0.25, -0.2) is 4.39 Å². The van der Waals surface area contributed by atoms with Crippen LogP contribution >= 0.6 is 27.7 Å². The lowest BCUT2D eigenvalue weighted by Crippen LogP contribution is -1.77. The highest BCUT2D eigenvalue weighted by Crippen LogP contribution is 2.17. The molecule has 0 fully saturated rings. The lowest BCUT2D eigenvalue weighted by Gasteiger charge is -1.91. The summed E-state index contributed by atoms with van der Waals surface area (Å²) in [7, 11) is 0. The Bertz CT molecular complexity index is 55.7. The van der Waals surface area contributed by atoms with Gasteiger partial charge in [-0.15, -0.1) is 18.3 Å². The van der Waals surface area contributed by atoms with Gasteiger partial charge in [-0.1, -0.05) is 6.08 Å². The van der Waals surface area contributed by atoms with Crippen LogP contribution in [0.3, 0.4) is 0 Å². The highest BCUT2D eigenvalue weighted by atomic mass is 79.9. The molecule has 0 aliphatic rings. The van der Waals surface area contributed by atoms with E-state index in [0.29, 0.717) is 5.75 Å². The normalized spacial score (nSPS) is 13.4. The van der Waals surface area contributed by atoms with Gasteiger partial charge in [0, 0.05) is 5.75 Å². The van der Waals surface area contributed by atoms with E-state index in [9.17, 15) is 4.39 Å². The van der Waals surface area contributed by atoms with E-state index in [1.807, 2.05) is 0 Å². The van der Waals surface area contributed by atoms with Crippen LogP contribution in [-0.2, 0) is 0 Å². The molecule has 0 aliphatic carbocycles. The molecule has 0 heterocycles. The number of halogens is 2. The van der Waals surface area contributed by atoms with E-state index in [0.717, 1.165) is 11.8 Å². The van der Waals surface area contributed by atoms with Crippen LogP contribution in [0.2, 0.25) is 0 Å². The quantitative estimate of drug-likeness (QED) is 0.481. The molecule has 0 aromatic heterocycles. The van der Waals surface area contributed by atoms with E-state index >= 15 is 0 Å². The predicted molar refractivity (Wildman–Crippen MR) is 36.5 cm³/mol. The molecular weight excluding hydrogens is 179 g/mol. The van der Waals surface area contributed by atoms with Gasteiger partial charge in [-0.2, -0.15) is 0 Å². The average molecular weight is 185 g/mol. The van der Waals surface area contributed by atoms with Crippen LogP contribution in [0.5, 0.6) is 0 Å². The summed E-state index contributed by atoms with van der Waals surface area (Å²) in [6.07, 6.45) is 1.67. The number of hydrogen-bond acceptors (Lipinski definition) is 1. The van der Waals surface area contributed by atoms with Crippen LogP contribution in [0, 0.1) is 0 Å². The minimum Gasteiger partial charge on any atom is -0.223 e. The zero-order chi connectivity index (χ0) is 5.70. The summed E-state index contributed by atoms with van der Waals surface area (Å²) in [6.45, 7) is 3.42. The molecule has 0 nitrogen and oxygen atoms in total. The summed E-state index contributed by atoms with van der Waals surface area (Å²) in [6, 6.07) is 0. The minimum atomic E-state index is -0.939. The first-order valence-electron chi connectivity index (χ1n) is 1.78. The second-order valence-electron chi connectivity index (χ2n) is 0.883. The maximum atomic E-state index is 11.7. The first-order chi connectivity index (χ1) is 3.27. The van der Waals surface area contributed by atoms with Crippen molar-refractivity contribution < 1.29 is 4.39 Å². The molecule has 0 spiro atoms. The first kappa shape index (κ1) is 7.50. The zero-order valence-corrected chi connectivity index (χ0v) is 6.14. The van der Waals surface area contributed by atoms with Crippen molar-refractivity contribution in [1.82, 2.24) is 0 Å². The summed E-state index contributed by atoms with van der Waals surface area (Å²) in [4.78, 5) is 0. The molecule has 0 saturated heterocycles. The van der Waals surface area contributed by atoms with Crippen LogP contribution in [0.15, 0.2) is 12.7 Å². The van der Waals surface area contributed by atoms with E-state index < -0.39 is 4.41 Å². The summed E-state index contributed by atoms with van der Waals surface area (Å²) < 4.78 is 10.8. The van der Waals surface area contributed by atoms with Crippen molar-refractivity contribution >= 4 is 27.7 Å². The SMILES string of the molecule is C=CCSC(F)Br. The van der Waals surface area contributed by atoms with Gasteiger partial charge in [0.15, 0.2) is 0 Å². The van der Waals surface area contributed by atoms with Crippen molar-refractivity contribution in [3.05, 3.63) is 12.7 Å². The third kappa shape index (κ3) is 6.50. The van der Waals surface area contributed by atoms with E-state index in [4.69, 9.17) is 0 Å². The average Bonchev–Trinajstić information content (AvgIpc) is 1.61.